The summed E-state index contributed by atoms with van der Waals surface area (Å²) in [6.07, 6.45) is 3.24. The zero-order valence-corrected chi connectivity index (χ0v) is 9.05. The molecule has 0 spiro atoms. The Bertz CT molecular complexity index is 545. The van der Waals surface area contributed by atoms with E-state index in [1.165, 1.54) is 17.2 Å². The maximum absolute atomic E-state index is 10.8. The Balaban J connectivity index is 2.26. The Labute approximate surface area is 97.4 Å². The third-order valence-corrected chi connectivity index (χ3v) is 2.49. The summed E-state index contributed by atoms with van der Waals surface area (Å²) >= 11 is 0. The Morgan fingerprint density at radius 3 is 3.06 bits per heavy atom. The van der Waals surface area contributed by atoms with Crippen LogP contribution in [-0.4, -0.2) is 27.3 Å². The van der Waals surface area contributed by atoms with Crippen LogP contribution in [0.4, 0.5) is 4.79 Å². The number of amides is 1. The minimum absolute atomic E-state index is 0.363. The van der Waals surface area contributed by atoms with Crippen molar-refractivity contribution in [1.82, 2.24) is 9.88 Å². The van der Waals surface area contributed by atoms with E-state index >= 15 is 0 Å². The number of nitrogens with one attached hydrogen (secondary N) is 2. The maximum atomic E-state index is 10.8. The molecule has 0 radical (unpaired) electrons. The highest BCUT2D eigenvalue weighted by molar-refractivity contribution is 5.67. The molecule has 6 heteroatoms. The lowest BCUT2D eigenvalue weighted by Crippen LogP contribution is -2.22. The molecule has 3 N–H and O–H groups in total. The lowest BCUT2D eigenvalue weighted by molar-refractivity contribution is 0.145. The molecule has 2 rings (SSSR count). The molecule has 0 aliphatic carbocycles. The molecule has 1 aromatic rings. The molecule has 6 nitrogen and oxygen atoms in total. The molecule has 1 aliphatic rings. The normalized spacial score (nSPS) is 15.3. The molecule has 1 amide bonds. The van der Waals surface area contributed by atoms with E-state index in [0.29, 0.717) is 18.6 Å². The number of rotatable bonds is 2. The fraction of sp³-hybridized carbons (Fsp3) is 0.182. The molecular formula is C11H12N4O2. The van der Waals surface area contributed by atoms with Crippen molar-refractivity contribution in [3.8, 4) is 0 Å². The average molecular weight is 232 g/mol. The van der Waals surface area contributed by atoms with E-state index in [9.17, 15) is 4.79 Å². The van der Waals surface area contributed by atoms with Gasteiger partial charge in [-0.1, -0.05) is 6.07 Å². The van der Waals surface area contributed by atoms with Gasteiger partial charge in [0.15, 0.2) is 0 Å². The minimum atomic E-state index is -0.920. The van der Waals surface area contributed by atoms with E-state index in [1.54, 1.807) is 6.07 Å². The van der Waals surface area contributed by atoms with Crippen LogP contribution in [0.3, 0.4) is 0 Å². The second kappa shape index (κ2) is 4.65. The average Bonchev–Trinajstić information content (AvgIpc) is 2.72. The Morgan fingerprint density at radius 1 is 1.53 bits per heavy atom. The lowest BCUT2D eigenvalue weighted by atomic mass is 10.2. The number of fused-ring (bicyclic) bond motifs is 1. The number of hydrogen-bond acceptors (Lipinski definition) is 3. The van der Waals surface area contributed by atoms with Crippen molar-refractivity contribution in [2.75, 3.05) is 0 Å². The second-order valence-electron chi connectivity index (χ2n) is 3.62. The molecule has 0 fully saturated rings. The highest BCUT2D eigenvalue weighted by atomic mass is 16.4. The Kier molecular flexibility index (Phi) is 3.04. The first-order valence-corrected chi connectivity index (χ1v) is 5.09. The molecule has 1 aliphatic heterocycles. The number of aromatic nitrogens is 1. The second-order valence-corrected chi connectivity index (χ2v) is 3.62. The summed E-state index contributed by atoms with van der Waals surface area (Å²) in [6.45, 7) is 0.778. The number of hydrogen-bond donors (Lipinski definition) is 3. The quantitative estimate of drug-likeness (QED) is 0.665. The van der Waals surface area contributed by atoms with Crippen molar-refractivity contribution < 1.29 is 9.90 Å². The van der Waals surface area contributed by atoms with Gasteiger partial charge in [-0.05, 0) is 17.7 Å². The van der Waals surface area contributed by atoms with Gasteiger partial charge in [0.2, 0.25) is 0 Å². The zero-order valence-electron chi connectivity index (χ0n) is 9.05. The molecule has 1 aromatic heterocycles. The molecule has 17 heavy (non-hydrogen) atoms. The monoisotopic (exact) mass is 232 g/mol. The predicted molar refractivity (Wildman–Crippen MR) is 61.6 cm³/mol. The van der Waals surface area contributed by atoms with E-state index in [-0.39, 0.29) is 0 Å². The van der Waals surface area contributed by atoms with Crippen molar-refractivity contribution in [1.29, 1.82) is 5.41 Å². The molecule has 2 heterocycles. The van der Waals surface area contributed by atoms with Crippen LogP contribution in [0.25, 0.3) is 0 Å². The first kappa shape index (κ1) is 11.1. The first-order chi connectivity index (χ1) is 8.20. The molecular weight excluding hydrogens is 220 g/mol. The van der Waals surface area contributed by atoms with E-state index in [2.05, 4.69) is 9.98 Å². The summed E-state index contributed by atoms with van der Waals surface area (Å²) in [4.78, 5) is 19.3. The van der Waals surface area contributed by atoms with Crippen molar-refractivity contribution in [3.63, 3.8) is 0 Å². The number of aromatic amines is 1. The maximum Gasteiger partial charge on any atom is 0.407 e. The van der Waals surface area contributed by atoms with Crippen molar-refractivity contribution in [2.24, 2.45) is 4.99 Å². The van der Waals surface area contributed by atoms with Crippen molar-refractivity contribution in [2.45, 2.75) is 13.1 Å². The molecule has 0 saturated heterocycles. The number of allylic oxidation sites excluding steroid dienone is 1. The van der Waals surface area contributed by atoms with Gasteiger partial charge in [-0.3, -0.25) is 4.90 Å². The van der Waals surface area contributed by atoms with Gasteiger partial charge in [0.05, 0.1) is 13.1 Å². The van der Waals surface area contributed by atoms with Crippen LogP contribution < -0.4 is 5.49 Å². The zero-order chi connectivity index (χ0) is 12.3. The van der Waals surface area contributed by atoms with Gasteiger partial charge < -0.3 is 15.5 Å². The third-order valence-electron chi connectivity index (χ3n) is 2.49. The van der Waals surface area contributed by atoms with Crippen LogP contribution >= 0.6 is 0 Å². The van der Waals surface area contributed by atoms with E-state index in [0.717, 1.165) is 17.5 Å². The largest absolute Gasteiger partial charge is 0.465 e. The van der Waals surface area contributed by atoms with E-state index < -0.39 is 6.09 Å². The molecule has 0 aromatic carbocycles. The van der Waals surface area contributed by atoms with Crippen LogP contribution in [-0.2, 0) is 13.1 Å². The summed E-state index contributed by atoms with van der Waals surface area (Å²) in [6, 6.07) is 3.66. The van der Waals surface area contributed by atoms with Crippen molar-refractivity contribution >= 4 is 12.3 Å². The molecule has 0 unspecified atom stereocenters. The number of H-pyrrole nitrogens is 1. The van der Waals surface area contributed by atoms with Crippen LogP contribution in [0.2, 0.25) is 0 Å². The Morgan fingerprint density at radius 2 is 2.35 bits per heavy atom. The summed E-state index contributed by atoms with van der Waals surface area (Å²) in [5, 5.41) is 15.7. The molecule has 0 atom stereocenters. The van der Waals surface area contributed by atoms with Gasteiger partial charge >= 0.3 is 6.09 Å². The van der Waals surface area contributed by atoms with Crippen molar-refractivity contribution in [3.05, 3.63) is 41.2 Å². The molecule has 0 bridgehead atoms. The van der Waals surface area contributed by atoms with E-state index in [4.69, 9.17) is 10.5 Å². The number of carboxylic acid groups (broad SMARTS) is 1. The van der Waals surface area contributed by atoms with Gasteiger partial charge in [0, 0.05) is 18.1 Å². The molecule has 88 valence electrons. The number of pyridine rings is 1. The van der Waals surface area contributed by atoms with Gasteiger partial charge in [-0.2, -0.15) is 0 Å². The van der Waals surface area contributed by atoms with Gasteiger partial charge in [-0.15, -0.1) is 0 Å². The molecule has 0 saturated carbocycles. The van der Waals surface area contributed by atoms with Crippen LogP contribution in [0.15, 0.2) is 29.4 Å². The highest BCUT2D eigenvalue weighted by Gasteiger charge is 2.22. The predicted octanol–water partition coefficient (Wildman–Crippen LogP) is 1.07. The van der Waals surface area contributed by atoms with Gasteiger partial charge in [0.1, 0.15) is 5.49 Å². The van der Waals surface area contributed by atoms with Gasteiger partial charge in [0.25, 0.3) is 0 Å². The Hall–Kier alpha value is -2.37. The van der Waals surface area contributed by atoms with Crippen LogP contribution in [0.1, 0.15) is 11.3 Å². The smallest absolute Gasteiger partial charge is 0.407 e. The fourth-order valence-corrected chi connectivity index (χ4v) is 1.68. The third kappa shape index (κ3) is 2.41. The summed E-state index contributed by atoms with van der Waals surface area (Å²) < 4.78 is 0. The first-order valence-electron chi connectivity index (χ1n) is 5.09. The lowest BCUT2D eigenvalue weighted by Gasteiger charge is -2.08. The van der Waals surface area contributed by atoms with Gasteiger partial charge in [-0.25, -0.2) is 9.79 Å². The van der Waals surface area contributed by atoms with Crippen LogP contribution in [0, 0.1) is 5.41 Å². The SMILES string of the molecule is N=C/C=C\N=c1/ccc2c([nH]1)CN(C(=O)O)C2. The summed E-state index contributed by atoms with van der Waals surface area (Å²) in [5.41, 5.74) is 2.49. The fourth-order valence-electron chi connectivity index (χ4n) is 1.68. The summed E-state index contributed by atoms with van der Waals surface area (Å²) in [5.74, 6) is 0. The van der Waals surface area contributed by atoms with Crippen LogP contribution in [0.5, 0.6) is 0 Å². The number of carbonyl (C=O) groups is 1. The topological polar surface area (TPSA) is 92.5 Å². The highest BCUT2D eigenvalue weighted by Crippen LogP contribution is 2.18. The summed E-state index contributed by atoms with van der Waals surface area (Å²) in [7, 11) is 0. The number of nitrogens with zero attached hydrogens (tertiary/aromatic N) is 2. The van der Waals surface area contributed by atoms with E-state index in [1.807, 2.05) is 6.07 Å². The minimum Gasteiger partial charge on any atom is -0.465 e. The standard InChI is InChI=1S/C11H12N4O2/c12-4-1-5-13-10-3-2-8-6-15(11(16)17)7-9(8)14-10/h1-5,12H,6-7H2,(H,13,14)(H,16,17)/b5-1-,12-4?.